The van der Waals surface area contributed by atoms with Crippen LogP contribution in [-0.2, 0) is 12.8 Å². The van der Waals surface area contributed by atoms with Crippen LogP contribution in [0.1, 0.15) is 17.9 Å². The molecule has 2 aromatic carbocycles. The second-order valence-corrected chi connectivity index (χ2v) is 5.74. The summed E-state index contributed by atoms with van der Waals surface area (Å²) in [5, 5.41) is 5.19. The molecule has 1 N–H and O–H groups in total. The van der Waals surface area contributed by atoms with Crippen molar-refractivity contribution in [1.82, 2.24) is 15.1 Å². The van der Waals surface area contributed by atoms with Crippen molar-refractivity contribution in [2.45, 2.75) is 19.3 Å². The van der Waals surface area contributed by atoms with Gasteiger partial charge in [0.05, 0.1) is 0 Å². The zero-order valence-electron chi connectivity index (χ0n) is 13.0. The number of hydrogen-bond acceptors (Lipinski definition) is 3. The van der Waals surface area contributed by atoms with E-state index in [-0.39, 0.29) is 5.82 Å². The molecule has 0 unspecified atom stereocenters. The number of nitrogens with zero attached hydrogens (tertiary/aromatic N) is 2. The van der Waals surface area contributed by atoms with Crippen molar-refractivity contribution in [3.8, 4) is 11.4 Å². The molecule has 4 rings (SSSR count). The van der Waals surface area contributed by atoms with Crippen molar-refractivity contribution in [3.63, 3.8) is 0 Å². The van der Waals surface area contributed by atoms with Crippen LogP contribution in [0.5, 0.6) is 0 Å². The minimum Gasteiger partial charge on any atom is -0.361 e. The molecule has 0 fully saturated rings. The molecular formula is C19H16FN3O. The van der Waals surface area contributed by atoms with Crippen LogP contribution in [0.2, 0.25) is 0 Å². The number of aromatic amines is 1. The highest BCUT2D eigenvalue weighted by Crippen LogP contribution is 2.20. The van der Waals surface area contributed by atoms with Crippen LogP contribution in [0, 0.1) is 5.82 Å². The van der Waals surface area contributed by atoms with Gasteiger partial charge in [-0.15, -0.1) is 0 Å². The molecule has 120 valence electrons. The summed E-state index contributed by atoms with van der Waals surface area (Å²) in [5.74, 6) is 0.698. The van der Waals surface area contributed by atoms with Gasteiger partial charge in [-0.1, -0.05) is 35.5 Å². The number of fused-ring (bicyclic) bond motifs is 1. The summed E-state index contributed by atoms with van der Waals surface area (Å²) < 4.78 is 18.5. The van der Waals surface area contributed by atoms with Gasteiger partial charge in [0, 0.05) is 29.1 Å². The number of rotatable bonds is 5. The van der Waals surface area contributed by atoms with Crippen molar-refractivity contribution in [3.05, 3.63) is 72.0 Å². The molecule has 0 atom stereocenters. The second-order valence-electron chi connectivity index (χ2n) is 5.74. The molecule has 0 spiro atoms. The van der Waals surface area contributed by atoms with E-state index < -0.39 is 0 Å². The Balaban J connectivity index is 1.42. The fourth-order valence-electron chi connectivity index (χ4n) is 2.87. The van der Waals surface area contributed by atoms with Gasteiger partial charge in [-0.3, -0.25) is 0 Å². The van der Waals surface area contributed by atoms with Gasteiger partial charge in [0.25, 0.3) is 0 Å². The quantitative estimate of drug-likeness (QED) is 0.587. The lowest BCUT2D eigenvalue weighted by Gasteiger charge is -1.97. The number of para-hydroxylation sites is 1. The summed E-state index contributed by atoms with van der Waals surface area (Å²) in [7, 11) is 0. The third kappa shape index (κ3) is 2.93. The fourth-order valence-corrected chi connectivity index (χ4v) is 2.87. The van der Waals surface area contributed by atoms with Gasteiger partial charge in [-0.05, 0) is 36.6 Å². The van der Waals surface area contributed by atoms with E-state index >= 15 is 0 Å². The van der Waals surface area contributed by atoms with Crippen LogP contribution >= 0.6 is 0 Å². The SMILES string of the molecule is Fc1cccc(-c2noc(CCCc3c[nH]c4ccccc34)n2)c1. The van der Waals surface area contributed by atoms with Crippen LogP contribution in [0.4, 0.5) is 4.39 Å². The van der Waals surface area contributed by atoms with Gasteiger partial charge in [0.2, 0.25) is 11.7 Å². The Morgan fingerprint density at radius 2 is 1.96 bits per heavy atom. The van der Waals surface area contributed by atoms with Gasteiger partial charge < -0.3 is 9.51 Å². The smallest absolute Gasteiger partial charge is 0.226 e. The largest absolute Gasteiger partial charge is 0.361 e. The molecule has 0 saturated heterocycles. The molecule has 4 aromatic rings. The number of aromatic nitrogens is 3. The molecule has 0 bridgehead atoms. The number of hydrogen-bond donors (Lipinski definition) is 1. The molecule has 2 aromatic heterocycles. The number of H-pyrrole nitrogens is 1. The van der Waals surface area contributed by atoms with Crippen LogP contribution < -0.4 is 0 Å². The summed E-state index contributed by atoms with van der Waals surface area (Å²) in [6, 6.07) is 14.5. The molecule has 0 radical (unpaired) electrons. The molecule has 0 saturated carbocycles. The highest BCUT2D eigenvalue weighted by molar-refractivity contribution is 5.82. The summed E-state index contributed by atoms with van der Waals surface area (Å²) in [5.41, 5.74) is 3.07. The molecular weight excluding hydrogens is 305 g/mol. The van der Waals surface area contributed by atoms with E-state index in [4.69, 9.17) is 4.52 Å². The van der Waals surface area contributed by atoms with Gasteiger partial charge >= 0.3 is 0 Å². The predicted molar refractivity (Wildman–Crippen MR) is 90.0 cm³/mol. The molecule has 4 nitrogen and oxygen atoms in total. The lowest BCUT2D eigenvalue weighted by atomic mass is 10.1. The van der Waals surface area contributed by atoms with Crippen molar-refractivity contribution in [2.24, 2.45) is 0 Å². The van der Waals surface area contributed by atoms with Crippen molar-refractivity contribution >= 4 is 10.9 Å². The molecule has 5 heteroatoms. The number of benzene rings is 2. The topological polar surface area (TPSA) is 54.7 Å². The van der Waals surface area contributed by atoms with Crippen molar-refractivity contribution < 1.29 is 8.91 Å². The first-order chi connectivity index (χ1) is 11.8. The van der Waals surface area contributed by atoms with E-state index in [0.29, 0.717) is 23.7 Å². The maximum atomic E-state index is 13.3. The molecule has 0 aliphatic carbocycles. The van der Waals surface area contributed by atoms with Crippen molar-refractivity contribution in [2.75, 3.05) is 0 Å². The third-order valence-corrected chi connectivity index (χ3v) is 4.06. The third-order valence-electron chi connectivity index (χ3n) is 4.06. The predicted octanol–water partition coefficient (Wildman–Crippen LogP) is 4.53. The number of aryl methyl sites for hydroxylation is 2. The van der Waals surface area contributed by atoms with E-state index in [9.17, 15) is 4.39 Å². The van der Waals surface area contributed by atoms with Gasteiger partial charge in [-0.25, -0.2) is 4.39 Å². The van der Waals surface area contributed by atoms with Crippen LogP contribution in [0.3, 0.4) is 0 Å². The fraction of sp³-hybridized carbons (Fsp3) is 0.158. The average Bonchev–Trinajstić information content (AvgIpc) is 3.23. The maximum Gasteiger partial charge on any atom is 0.226 e. The lowest BCUT2D eigenvalue weighted by molar-refractivity contribution is 0.376. The normalized spacial score (nSPS) is 11.2. The summed E-state index contributed by atoms with van der Waals surface area (Å²) in [6.07, 6.45) is 4.59. The van der Waals surface area contributed by atoms with E-state index in [1.165, 1.54) is 23.1 Å². The average molecular weight is 321 g/mol. The van der Waals surface area contributed by atoms with Gasteiger partial charge in [0.1, 0.15) is 5.82 Å². The van der Waals surface area contributed by atoms with E-state index in [1.54, 1.807) is 12.1 Å². The van der Waals surface area contributed by atoms with Crippen LogP contribution in [0.15, 0.2) is 59.3 Å². The first kappa shape index (κ1) is 14.6. The highest BCUT2D eigenvalue weighted by Gasteiger charge is 2.10. The minimum absolute atomic E-state index is 0.307. The Kier molecular flexibility index (Phi) is 3.83. The first-order valence-electron chi connectivity index (χ1n) is 7.93. The lowest BCUT2D eigenvalue weighted by Crippen LogP contribution is -1.90. The van der Waals surface area contributed by atoms with Crippen LogP contribution in [-0.4, -0.2) is 15.1 Å². The molecule has 0 amide bonds. The summed E-state index contributed by atoms with van der Waals surface area (Å²) >= 11 is 0. The van der Waals surface area contributed by atoms with E-state index in [1.807, 2.05) is 12.1 Å². The first-order valence-corrected chi connectivity index (χ1v) is 7.93. The Morgan fingerprint density at radius 3 is 2.88 bits per heavy atom. The standard InChI is InChI=1S/C19H16FN3O/c20-15-7-3-5-13(11-15)19-22-18(24-23-19)10-4-6-14-12-21-17-9-2-1-8-16(14)17/h1-3,5,7-9,11-12,21H,4,6,10H2. The van der Waals surface area contributed by atoms with Gasteiger partial charge in [-0.2, -0.15) is 4.98 Å². The second kappa shape index (κ2) is 6.28. The molecule has 0 aliphatic rings. The molecule has 24 heavy (non-hydrogen) atoms. The molecule has 2 heterocycles. The van der Waals surface area contributed by atoms with Gasteiger partial charge in [0.15, 0.2) is 0 Å². The maximum absolute atomic E-state index is 13.3. The van der Waals surface area contributed by atoms with Crippen LogP contribution in [0.25, 0.3) is 22.3 Å². The zero-order chi connectivity index (χ0) is 16.4. The Hall–Kier alpha value is -2.95. The monoisotopic (exact) mass is 321 g/mol. The zero-order valence-corrected chi connectivity index (χ0v) is 13.0. The Bertz CT molecular complexity index is 973. The molecule has 0 aliphatic heterocycles. The number of nitrogens with one attached hydrogen (secondary N) is 1. The summed E-state index contributed by atoms with van der Waals surface area (Å²) in [6.45, 7) is 0. The number of halogens is 1. The Labute approximate surface area is 138 Å². The highest BCUT2D eigenvalue weighted by atomic mass is 19.1. The Morgan fingerprint density at radius 1 is 1.04 bits per heavy atom. The minimum atomic E-state index is -0.307. The summed E-state index contributed by atoms with van der Waals surface area (Å²) in [4.78, 5) is 7.63. The van der Waals surface area contributed by atoms with E-state index in [0.717, 1.165) is 18.4 Å². The van der Waals surface area contributed by atoms with Crippen molar-refractivity contribution in [1.29, 1.82) is 0 Å². The van der Waals surface area contributed by atoms with E-state index in [2.05, 4.69) is 33.5 Å².